The number of aromatic nitrogens is 2. The van der Waals surface area contributed by atoms with Crippen molar-refractivity contribution >= 4 is 23.3 Å². The minimum absolute atomic E-state index is 0.0621. The first-order chi connectivity index (χ1) is 8.20. The molecule has 18 heavy (non-hydrogen) atoms. The second-order valence-corrected chi connectivity index (χ2v) is 5.38. The summed E-state index contributed by atoms with van der Waals surface area (Å²) in [6, 6.07) is -0.545. The van der Waals surface area contributed by atoms with E-state index in [0.29, 0.717) is 0 Å². The summed E-state index contributed by atoms with van der Waals surface area (Å²) in [5.74, 6) is -0.00220. The zero-order chi connectivity index (χ0) is 13.9. The van der Waals surface area contributed by atoms with Crippen molar-refractivity contribution in [3.63, 3.8) is 0 Å². The molecule has 1 heterocycles. The van der Waals surface area contributed by atoms with Gasteiger partial charge in [0, 0.05) is 5.54 Å². The molecule has 0 fully saturated rings. The molecule has 1 aromatic rings. The van der Waals surface area contributed by atoms with Crippen LogP contribution in [0.3, 0.4) is 0 Å². The molecule has 0 aliphatic rings. The third kappa shape index (κ3) is 4.03. The highest BCUT2D eigenvalue weighted by atomic mass is 35.5. The molecular formula is C11H17ClN4O2. The fourth-order valence-corrected chi connectivity index (χ4v) is 1.39. The van der Waals surface area contributed by atoms with Gasteiger partial charge in [0.2, 0.25) is 5.91 Å². The maximum Gasteiger partial charge on any atom is 0.271 e. The molecule has 0 bridgehead atoms. The quantitative estimate of drug-likeness (QED) is 0.770. The largest absolute Gasteiger partial charge is 0.357 e. The van der Waals surface area contributed by atoms with Crippen LogP contribution in [0.5, 0.6) is 0 Å². The summed E-state index contributed by atoms with van der Waals surface area (Å²) >= 11 is 5.77. The predicted octanol–water partition coefficient (Wildman–Crippen LogP) is 1.14. The van der Waals surface area contributed by atoms with Crippen molar-refractivity contribution in [2.75, 3.05) is 5.32 Å². The highest BCUT2D eigenvalue weighted by Gasteiger charge is 2.20. The number of carbonyl (C=O) groups is 1. The third-order valence-electron chi connectivity index (χ3n) is 2.04. The lowest BCUT2D eigenvalue weighted by Gasteiger charge is -2.23. The van der Waals surface area contributed by atoms with Crippen LogP contribution in [-0.4, -0.2) is 27.5 Å². The molecule has 0 aliphatic carbocycles. The topological polar surface area (TPSA) is 86.9 Å². The van der Waals surface area contributed by atoms with Crippen molar-refractivity contribution in [2.24, 2.45) is 0 Å². The molecule has 0 saturated heterocycles. The number of nitrogens with one attached hydrogen (secondary N) is 3. The molecule has 100 valence electrons. The number of carbonyl (C=O) groups excluding carboxylic acids is 1. The Morgan fingerprint density at radius 2 is 2.11 bits per heavy atom. The summed E-state index contributed by atoms with van der Waals surface area (Å²) in [5.41, 5.74) is -0.768. The van der Waals surface area contributed by atoms with Crippen LogP contribution in [0, 0.1) is 0 Å². The lowest BCUT2D eigenvalue weighted by atomic mass is 10.1. The summed E-state index contributed by atoms with van der Waals surface area (Å²) in [6.07, 6.45) is 1.23. The molecule has 0 aliphatic heterocycles. The van der Waals surface area contributed by atoms with Crippen molar-refractivity contribution < 1.29 is 4.79 Å². The highest BCUT2D eigenvalue weighted by Crippen LogP contribution is 2.13. The van der Waals surface area contributed by atoms with E-state index in [1.165, 1.54) is 6.33 Å². The van der Waals surface area contributed by atoms with Crippen LogP contribution < -0.4 is 16.2 Å². The predicted molar refractivity (Wildman–Crippen MR) is 70.8 cm³/mol. The van der Waals surface area contributed by atoms with Crippen molar-refractivity contribution in [3.05, 3.63) is 21.7 Å². The normalized spacial score (nSPS) is 12.9. The molecule has 7 heteroatoms. The lowest BCUT2D eigenvalue weighted by molar-refractivity contribution is -0.122. The molecule has 0 radical (unpaired) electrons. The van der Waals surface area contributed by atoms with Gasteiger partial charge in [-0.05, 0) is 27.7 Å². The van der Waals surface area contributed by atoms with Crippen LogP contribution in [0.2, 0.25) is 5.02 Å². The van der Waals surface area contributed by atoms with Gasteiger partial charge in [-0.15, -0.1) is 0 Å². The number of anilines is 1. The standard InChI is InChI=1S/C11H17ClN4O2/c1-6(9(17)16-11(2,3)4)15-8-7(12)10(18)14-5-13-8/h5-6H,1-4H3,(H,16,17)(H2,13,14,15,18). The van der Waals surface area contributed by atoms with Crippen LogP contribution in [0.4, 0.5) is 5.82 Å². The van der Waals surface area contributed by atoms with Crippen molar-refractivity contribution in [1.29, 1.82) is 0 Å². The number of hydrogen-bond donors (Lipinski definition) is 3. The Balaban J connectivity index is 2.76. The van der Waals surface area contributed by atoms with Crippen LogP contribution in [0.15, 0.2) is 11.1 Å². The Hall–Kier alpha value is -1.56. The Bertz CT molecular complexity index is 493. The fraction of sp³-hybridized carbons (Fsp3) is 0.545. The Morgan fingerprint density at radius 3 is 2.67 bits per heavy atom. The van der Waals surface area contributed by atoms with Gasteiger partial charge >= 0.3 is 0 Å². The first-order valence-corrected chi connectivity index (χ1v) is 5.90. The minimum atomic E-state index is -0.545. The molecule has 1 rings (SSSR count). The Kier molecular flexibility index (Phi) is 4.34. The lowest BCUT2D eigenvalue weighted by Crippen LogP contribution is -2.47. The van der Waals surface area contributed by atoms with Gasteiger partial charge in [-0.1, -0.05) is 11.6 Å². The number of aromatic amines is 1. The van der Waals surface area contributed by atoms with Gasteiger partial charge in [0.15, 0.2) is 5.82 Å². The maximum atomic E-state index is 11.8. The van der Waals surface area contributed by atoms with E-state index in [1.807, 2.05) is 20.8 Å². The average Bonchev–Trinajstić information content (AvgIpc) is 2.22. The van der Waals surface area contributed by atoms with E-state index in [4.69, 9.17) is 11.6 Å². The zero-order valence-corrected chi connectivity index (χ0v) is 11.6. The summed E-state index contributed by atoms with van der Waals surface area (Å²) in [7, 11) is 0. The second kappa shape index (κ2) is 5.39. The molecule has 1 amide bonds. The SMILES string of the molecule is CC(Nc1nc[nH]c(=O)c1Cl)C(=O)NC(C)(C)C. The van der Waals surface area contributed by atoms with E-state index >= 15 is 0 Å². The van der Waals surface area contributed by atoms with E-state index in [9.17, 15) is 9.59 Å². The first-order valence-electron chi connectivity index (χ1n) is 5.52. The van der Waals surface area contributed by atoms with Gasteiger partial charge in [0.25, 0.3) is 5.56 Å². The monoisotopic (exact) mass is 272 g/mol. The second-order valence-electron chi connectivity index (χ2n) is 5.00. The van der Waals surface area contributed by atoms with E-state index in [2.05, 4.69) is 20.6 Å². The van der Waals surface area contributed by atoms with Gasteiger partial charge in [-0.2, -0.15) is 0 Å². The van der Waals surface area contributed by atoms with E-state index in [0.717, 1.165) is 0 Å². The number of hydrogen-bond acceptors (Lipinski definition) is 4. The van der Waals surface area contributed by atoms with Crippen molar-refractivity contribution in [3.8, 4) is 0 Å². The number of nitrogens with zero attached hydrogens (tertiary/aromatic N) is 1. The Labute approximate surface area is 110 Å². The van der Waals surface area contributed by atoms with Crippen LogP contribution in [0.25, 0.3) is 0 Å². The zero-order valence-electron chi connectivity index (χ0n) is 10.8. The highest BCUT2D eigenvalue weighted by molar-refractivity contribution is 6.32. The summed E-state index contributed by atoms with van der Waals surface area (Å²) in [5, 5.41) is 5.55. The molecule has 1 atom stereocenters. The average molecular weight is 273 g/mol. The fourth-order valence-electron chi connectivity index (χ4n) is 1.23. The van der Waals surface area contributed by atoms with E-state index in [1.54, 1.807) is 6.92 Å². The molecular weight excluding hydrogens is 256 g/mol. The van der Waals surface area contributed by atoms with Crippen LogP contribution in [0.1, 0.15) is 27.7 Å². The number of amides is 1. The molecule has 6 nitrogen and oxygen atoms in total. The minimum Gasteiger partial charge on any atom is -0.357 e. The van der Waals surface area contributed by atoms with Gasteiger partial charge in [0.05, 0.1) is 6.33 Å². The Morgan fingerprint density at radius 1 is 1.50 bits per heavy atom. The van der Waals surface area contributed by atoms with Crippen molar-refractivity contribution in [1.82, 2.24) is 15.3 Å². The van der Waals surface area contributed by atoms with Gasteiger partial charge < -0.3 is 15.6 Å². The van der Waals surface area contributed by atoms with Gasteiger partial charge in [-0.25, -0.2) is 4.98 Å². The molecule has 1 unspecified atom stereocenters. The van der Waals surface area contributed by atoms with Crippen LogP contribution >= 0.6 is 11.6 Å². The van der Waals surface area contributed by atoms with Gasteiger partial charge in [-0.3, -0.25) is 9.59 Å². The van der Waals surface area contributed by atoms with Gasteiger partial charge in [0.1, 0.15) is 11.1 Å². The molecule has 0 saturated carbocycles. The van der Waals surface area contributed by atoms with Crippen molar-refractivity contribution in [2.45, 2.75) is 39.3 Å². The summed E-state index contributed by atoms with van der Waals surface area (Å²) in [4.78, 5) is 29.3. The number of H-pyrrole nitrogens is 1. The maximum absolute atomic E-state index is 11.8. The van der Waals surface area contributed by atoms with Crippen LogP contribution in [-0.2, 0) is 4.79 Å². The molecule has 0 spiro atoms. The smallest absolute Gasteiger partial charge is 0.271 e. The first kappa shape index (κ1) is 14.5. The number of halogens is 1. The molecule has 3 N–H and O–H groups in total. The van der Waals surface area contributed by atoms with E-state index < -0.39 is 11.6 Å². The summed E-state index contributed by atoms with van der Waals surface area (Å²) in [6.45, 7) is 7.32. The molecule has 0 aromatic carbocycles. The summed E-state index contributed by atoms with van der Waals surface area (Å²) < 4.78 is 0. The third-order valence-corrected chi connectivity index (χ3v) is 2.39. The molecule has 1 aromatic heterocycles. The van der Waals surface area contributed by atoms with E-state index in [-0.39, 0.29) is 22.3 Å². The number of rotatable bonds is 3.